The molecule has 0 saturated carbocycles. The van der Waals surface area contributed by atoms with Gasteiger partial charge in [0.15, 0.2) is 0 Å². The van der Waals surface area contributed by atoms with Crippen LogP contribution in [-0.2, 0) is 21.0 Å². The van der Waals surface area contributed by atoms with Crippen LogP contribution in [0.25, 0.3) is 0 Å². The van der Waals surface area contributed by atoms with E-state index in [9.17, 15) is 13.5 Å². The summed E-state index contributed by atoms with van der Waals surface area (Å²) in [5, 5.41) is 9.35. The number of nitrogens with one attached hydrogen (secondary N) is 1. The predicted molar refractivity (Wildman–Crippen MR) is 89.4 cm³/mol. The number of rotatable bonds is 5. The van der Waals surface area contributed by atoms with E-state index in [1.54, 1.807) is 12.1 Å². The summed E-state index contributed by atoms with van der Waals surface area (Å²) in [7, 11) is -4.24. The van der Waals surface area contributed by atoms with Crippen LogP contribution in [-0.4, -0.2) is 29.9 Å². The van der Waals surface area contributed by atoms with Gasteiger partial charge < -0.3 is 10.8 Å². The first-order valence-electron chi connectivity index (χ1n) is 5.50. The minimum Gasteiger partial charge on any atom is -0.507 e. The number of nitrogens with two attached hydrogens (primary N) is 1. The quantitative estimate of drug-likeness (QED) is 0.358. The van der Waals surface area contributed by atoms with E-state index in [-0.39, 0.29) is 12.3 Å². The topological polar surface area (TPSA) is 114 Å². The van der Waals surface area contributed by atoms with Crippen molar-refractivity contribution in [2.75, 3.05) is 6.61 Å². The van der Waals surface area contributed by atoms with Crippen LogP contribution in [0.3, 0.4) is 0 Å². The molecular formula is C10H11BrCl3N3O4S. The zero-order valence-electron chi connectivity index (χ0n) is 10.8. The van der Waals surface area contributed by atoms with Gasteiger partial charge in [0.2, 0.25) is 9.75 Å². The van der Waals surface area contributed by atoms with E-state index >= 15 is 0 Å². The van der Waals surface area contributed by atoms with Crippen molar-refractivity contribution in [3.05, 3.63) is 28.2 Å². The molecule has 0 aliphatic rings. The third-order valence-electron chi connectivity index (χ3n) is 2.05. The molecule has 1 aromatic carbocycles. The highest BCUT2D eigenvalue weighted by Crippen LogP contribution is 2.26. The lowest BCUT2D eigenvalue weighted by Crippen LogP contribution is -2.39. The minimum atomic E-state index is -4.24. The molecule has 124 valence electrons. The Morgan fingerprint density at radius 3 is 2.64 bits per heavy atom. The van der Waals surface area contributed by atoms with Crippen molar-refractivity contribution in [2.45, 2.75) is 10.3 Å². The summed E-state index contributed by atoms with van der Waals surface area (Å²) in [5.74, 6) is -0.324. The second kappa shape index (κ2) is 7.89. The molecule has 0 radical (unpaired) electrons. The Balaban J connectivity index is 2.63. The van der Waals surface area contributed by atoms with Crippen molar-refractivity contribution >= 4 is 67.0 Å². The number of alkyl halides is 3. The summed E-state index contributed by atoms with van der Waals surface area (Å²) in [6.45, 7) is -0.594. The van der Waals surface area contributed by atoms with Crippen molar-refractivity contribution in [1.82, 2.24) is 4.72 Å². The van der Waals surface area contributed by atoms with Crippen LogP contribution in [0.2, 0.25) is 0 Å². The van der Waals surface area contributed by atoms with Crippen molar-refractivity contribution in [3.63, 3.8) is 0 Å². The van der Waals surface area contributed by atoms with E-state index in [1.807, 2.05) is 4.72 Å². The molecule has 0 saturated heterocycles. The normalized spacial score (nSPS) is 13.2. The first-order valence-corrected chi connectivity index (χ1v) is 8.83. The number of guanidine groups is 1. The van der Waals surface area contributed by atoms with Gasteiger partial charge in [0, 0.05) is 0 Å². The van der Waals surface area contributed by atoms with Crippen LogP contribution < -0.4 is 10.5 Å². The lowest BCUT2D eigenvalue weighted by molar-refractivity contribution is 0.322. The van der Waals surface area contributed by atoms with Gasteiger partial charge in [-0.05, 0) is 33.6 Å². The first kappa shape index (κ1) is 19.6. The summed E-state index contributed by atoms with van der Waals surface area (Å²) in [6.07, 6.45) is 0. The SMILES string of the molecule is NC(=NCc1ccc(O)c(Br)c1)NS(=O)(=O)OCC(Cl)(Cl)Cl. The van der Waals surface area contributed by atoms with Gasteiger partial charge in [-0.25, -0.2) is 13.9 Å². The number of phenols is 1. The highest BCUT2D eigenvalue weighted by molar-refractivity contribution is 9.10. The van der Waals surface area contributed by atoms with Crippen LogP contribution >= 0.6 is 50.7 Å². The highest BCUT2D eigenvalue weighted by Gasteiger charge is 2.24. The van der Waals surface area contributed by atoms with Crippen molar-refractivity contribution < 1.29 is 17.7 Å². The third-order valence-corrected chi connectivity index (χ3v) is 3.90. The van der Waals surface area contributed by atoms with Crippen molar-refractivity contribution in [2.24, 2.45) is 10.7 Å². The number of phenolic OH excluding ortho intramolecular Hbond substituents is 1. The number of benzene rings is 1. The predicted octanol–water partition coefficient (Wildman–Crippen LogP) is 2.19. The van der Waals surface area contributed by atoms with Gasteiger partial charge in [0.25, 0.3) is 0 Å². The summed E-state index contributed by atoms with van der Waals surface area (Å²) in [4.78, 5) is 3.82. The Labute approximate surface area is 150 Å². The Kier molecular flexibility index (Phi) is 7.03. The fraction of sp³-hybridized carbons (Fsp3) is 0.300. The smallest absolute Gasteiger partial charge is 0.362 e. The van der Waals surface area contributed by atoms with Gasteiger partial charge in [0.05, 0.1) is 11.0 Å². The maximum Gasteiger partial charge on any atom is 0.362 e. The largest absolute Gasteiger partial charge is 0.507 e. The molecule has 0 heterocycles. The van der Waals surface area contributed by atoms with Crippen LogP contribution in [0.1, 0.15) is 5.56 Å². The summed E-state index contributed by atoms with van der Waals surface area (Å²) >= 11 is 19.3. The highest BCUT2D eigenvalue weighted by atomic mass is 79.9. The molecule has 0 bridgehead atoms. The molecule has 0 aliphatic carbocycles. The lowest BCUT2D eigenvalue weighted by Gasteiger charge is -2.12. The first-order chi connectivity index (χ1) is 9.98. The standard InChI is InChI=1S/C10H11BrCl3N3O4S/c11-7-3-6(1-2-8(7)18)4-16-9(15)17-22(19,20)21-5-10(12,13)14/h1-3,18H,4-5H2,(H3,15,16,17). The van der Waals surface area contributed by atoms with Gasteiger partial charge in [-0.1, -0.05) is 40.9 Å². The van der Waals surface area contributed by atoms with Crippen LogP contribution in [0.4, 0.5) is 0 Å². The Morgan fingerprint density at radius 2 is 2.09 bits per heavy atom. The van der Waals surface area contributed by atoms with Crippen molar-refractivity contribution in [1.29, 1.82) is 0 Å². The zero-order chi connectivity index (χ0) is 17.0. The second-order valence-corrected chi connectivity index (χ2v) is 8.64. The van der Waals surface area contributed by atoms with E-state index < -0.39 is 26.7 Å². The molecule has 0 aliphatic heterocycles. The fourth-order valence-electron chi connectivity index (χ4n) is 1.16. The average Bonchev–Trinajstić information content (AvgIpc) is 2.37. The summed E-state index contributed by atoms with van der Waals surface area (Å²) < 4.78 is 27.9. The zero-order valence-corrected chi connectivity index (χ0v) is 15.4. The average molecular weight is 456 g/mol. The molecule has 12 heteroatoms. The van der Waals surface area contributed by atoms with Gasteiger partial charge in [-0.2, -0.15) is 8.42 Å². The Bertz CT molecular complexity index is 664. The van der Waals surface area contributed by atoms with Gasteiger partial charge in [-0.3, -0.25) is 0 Å². The minimum absolute atomic E-state index is 0.0708. The van der Waals surface area contributed by atoms with E-state index in [1.165, 1.54) is 6.07 Å². The lowest BCUT2D eigenvalue weighted by atomic mass is 10.2. The molecule has 1 rings (SSSR count). The van der Waals surface area contributed by atoms with Crippen LogP contribution in [0.15, 0.2) is 27.7 Å². The summed E-state index contributed by atoms with van der Waals surface area (Å²) in [6, 6.07) is 4.67. The maximum absolute atomic E-state index is 11.5. The van der Waals surface area contributed by atoms with E-state index in [0.717, 1.165) is 0 Å². The summed E-state index contributed by atoms with van der Waals surface area (Å²) in [5.41, 5.74) is 6.12. The van der Waals surface area contributed by atoms with E-state index in [0.29, 0.717) is 10.0 Å². The van der Waals surface area contributed by atoms with Crippen molar-refractivity contribution in [3.8, 4) is 5.75 Å². The Hall–Kier alpha value is -0.450. The molecule has 0 unspecified atom stereocenters. The Morgan fingerprint density at radius 1 is 1.45 bits per heavy atom. The molecule has 22 heavy (non-hydrogen) atoms. The number of hydrogen-bond acceptors (Lipinski definition) is 5. The maximum atomic E-state index is 11.5. The van der Waals surface area contributed by atoms with Gasteiger partial charge >= 0.3 is 10.3 Å². The number of nitrogens with zero attached hydrogens (tertiary/aromatic N) is 1. The molecular weight excluding hydrogens is 444 g/mol. The third kappa shape index (κ3) is 7.70. The number of hydrogen-bond donors (Lipinski definition) is 3. The molecule has 0 atom stereocenters. The monoisotopic (exact) mass is 453 g/mol. The number of halogens is 4. The van der Waals surface area contributed by atoms with Crippen LogP contribution in [0.5, 0.6) is 5.75 Å². The fourth-order valence-corrected chi connectivity index (χ4v) is 2.65. The van der Waals surface area contributed by atoms with Gasteiger partial charge in [-0.15, -0.1) is 0 Å². The molecule has 0 fully saturated rings. The van der Waals surface area contributed by atoms with Crippen LogP contribution in [0, 0.1) is 0 Å². The molecule has 0 aromatic heterocycles. The molecule has 0 spiro atoms. The van der Waals surface area contributed by atoms with E-state index in [4.69, 9.17) is 40.5 Å². The second-order valence-electron chi connectivity index (χ2n) is 3.92. The molecule has 0 amide bonds. The molecule has 7 nitrogen and oxygen atoms in total. The molecule has 4 N–H and O–H groups in total. The number of aromatic hydroxyl groups is 1. The van der Waals surface area contributed by atoms with E-state index in [2.05, 4.69) is 25.1 Å². The molecule has 1 aromatic rings. The van der Waals surface area contributed by atoms with Gasteiger partial charge in [0.1, 0.15) is 12.4 Å². The number of aliphatic imine (C=N–C) groups is 1.